The number of hydrogen-bond donors (Lipinski definition) is 1. The van der Waals surface area contributed by atoms with Gasteiger partial charge in [0.25, 0.3) is 0 Å². The Labute approximate surface area is 96.8 Å². The Morgan fingerprint density at radius 2 is 2.19 bits per heavy atom. The maximum Gasteiger partial charge on any atom is 0.183 e. The zero-order valence-corrected chi connectivity index (χ0v) is 10.4. The first-order chi connectivity index (χ1) is 7.44. The molecule has 1 heterocycles. The number of carbonyl (C=O) groups excluding carboxylic acids is 1. The van der Waals surface area contributed by atoms with Gasteiger partial charge in [-0.1, -0.05) is 13.8 Å². The molecule has 0 saturated carbocycles. The lowest BCUT2D eigenvalue weighted by molar-refractivity contribution is 0.0956. The third-order valence-electron chi connectivity index (χ3n) is 2.85. The second kappa shape index (κ2) is 5.25. The molecule has 0 fully saturated rings. The van der Waals surface area contributed by atoms with Crippen molar-refractivity contribution in [1.29, 1.82) is 0 Å². The zero-order valence-electron chi connectivity index (χ0n) is 10.4. The van der Waals surface area contributed by atoms with Crippen LogP contribution in [0, 0.1) is 5.41 Å². The summed E-state index contributed by atoms with van der Waals surface area (Å²) in [4.78, 5) is 11.8. The van der Waals surface area contributed by atoms with Crippen molar-refractivity contribution in [2.45, 2.75) is 33.1 Å². The normalized spacial score (nSPS) is 11.8. The predicted molar refractivity (Wildman–Crippen MR) is 64.2 cm³/mol. The first-order valence-corrected chi connectivity index (χ1v) is 5.67. The highest BCUT2D eigenvalue weighted by Gasteiger charge is 2.19. The zero-order chi connectivity index (χ0) is 12.2. The Balaban J connectivity index is 2.47. The summed E-state index contributed by atoms with van der Waals surface area (Å²) in [6.45, 7) is 4.96. The van der Waals surface area contributed by atoms with Crippen molar-refractivity contribution in [1.82, 2.24) is 9.78 Å². The summed E-state index contributed by atoms with van der Waals surface area (Å²) in [7, 11) is 1.81. The number of carbonyl (C=O) groups is 1. The van der Waals surface area contributed by atoms with Gasteiger partial charge in [-0.15, -0.1) is 0 Å². The molecule has 4 heteroatoms. The Morgan fingerprint density at radius 1 is 1.50 bits per heavy atom. The smallest absolute Gasteiger partial charge is 0.183 e. The van der Waals surface area contributed by atoms with Crippen LogP contribution < -0.4 is 5.73 Å². The number of hydrogen-bond acceptors (Lipinski definition) is 3. The van der Waals surface area contributed by atoms with Crippen LogP contribution in [-0.2, 0) is 7.05 Å². The van der Waals surface area contributed by atoms with Gasteiger partial charge in [0.2, 0.25) is 0 Å². The second-order valence-corrected chi connectivity index (χ2v) is 5.00. The molecule has 0 unspecified atom stereocenters. The van der Waals surface area contributed by atoms with Crippen molar-refractivity contribution in [3.8, 4) is 0 Å². The molecule has 0 radical (unpaired) electrons. The molecule has 0 aromatic carbocycles. The Bertz CT molecular complexity index is 355. The number of nitrogens with zero attached hydrogens (tertiary/aromatic N) is 2. The summed E-state index contributed by atoms with van der Waals surface area (Å²) in [5, 5.41) is 4.10. The highest BCUT2D eigenvalue weighted by molar-refractivity contribution is 5.94. The Morgan fingerprint density at radius 3 is 2.69 bits per heavy atom. The molecule has 0 spiro atoms. The van der Waals surface area contributed by atoms with Crippen LogP contribution in [0.2, 0.25) is 0 Å². The molecule has 2 N–H and O–H groups in total. The minimum Gasteiger partial charge on any atom is -0.330 e. The average molecular weight is 223 g/mol. The highest BCUT2D eigenvalue weighted by Crippen LogP contribution is 2.26. The molecule has 1 rings (SSSR count). The predicted octanol–water partition coefficient (Wildman–Crippen LogP) is 1.76. The van der Waals surface area contributed by atoms with E-state index in [2.05, 4.69) is 18.9 Å². The van der Waals surface area contributed by atoms with E-state index in [0.717, 1.165) is 12.8 Å². The van der Waals surface area contributed by atoms with Crippen molar-refractivity contribution in [3.05, 3.63) is 18.0 Å². The molecule has 1 aromatic heterocycles. The molecule has 0 amide bonds. The average Bonchev–Trinajstić information content (AvgIpc) is 2.61. The molecule has 1 aromatic rings. The summed E-state index contributed by atoms with van der Waals surface area (Å²) in [5.74, 6) is 0.116. The van der Waals surface area contributed by atoms with Gasteiger partial charge in [0.05, 0.1) is 0 Å². The first-order valence-electron chi connectivity index (χ1n) is 5.67. The van der Waals surface area contributed by atoms with Gasteiger partial charge in [0.1, 0.15) is 5.69 Å². The maximum atomic E-state index is 11.8. The van der Waals surface area contributed by atoms with Gasteiger partial charge in [0, 0.05) is 19.7 Å². The maximum absolute atomic E-state index is 11.8. The molecule has 0 bridgehead atoms. The monoisotopic (exact) mass is 223 g/mol. The molecular weight excluding hydrogens is 202 g/mol. The van der Waals surface area contributed by atoms with E-state index in [0.29, 0.717) is 18.7 Å². The highest BCUT2D eigenvalue weighted by atomic mass is 16.1. The van der Waals surface area contributed by atoms with Gasteiger partial charge >= 0.3 is 0 Å². The minimum atomic E-state index is 0.116. The van der Waals surface area contributed by atoms with E-state index in [1.54, 1.807) is 16.9 Å². The fraction of sp³-hybridized carbons (Fsp3) is 0.667. The quantitative estimate of drug-likeness (QED) is 0.747. The molecule has 90 valence electrons. The SMILES string of the molecule is Cn1ccc(C(=O)CCC(C)(C)CCN)n1. The summed E-state index contributed by atoms with van der Waals surface area (Å²) < 4.78 is 1.65. The van der Waals surface area contributed by atoms with Crippen LogP contribution in [0.5, 0.6) is 0 Å². The van der Waals surface area contributed by atoms with Crippen molar-refractivity contribution < 1.29 is 4.79 Å². The molecule has 16 heavy (non-hydrogen) atoms. The molecule has 4 nitrogen and oxygen atoms in total. The van der Waals surface area contributed by atoms with Gasteiger partial charge in [-0.2, -0.15) is 5.10 Å². The number of ketones is 1. The number of aromatic nitrogens is 2. The Hall–Kier alpha value is -1.16. The van der Waals surface area contributed by atoms with E-state index >= 15 is 0 Å². The van der Waals surface area contributed by atoms with Gasteiger partial charge in [-0.05, 0) is 30.9 Å². The minimum absolute atomic E-state index is 0.116. The van der Waals surface area contributed by atoms with Crippen LogP contribution in [0.4, 0.5) is 0 Å². The van der Waals surface area contributed by atoms with Crippen LogP contribution in [0.15, 0.2) is 12.3 Å². The van der Waals surface area contributed by atoms with Crippen molar-refractivity contribution in [2.75, 3.05) is 6.54 Å². The van der Waals surface area contributed by atoms with Crippen LogP contribution in [-0.4, -0.2) is 22.1 Å². The fourth-order valence-electron chi connectivity index (χ4n) is 1.66. The van der Waals surface area contributed by atoms with Gasteiger partial charge in [-0.25, -0.2) is 0 Å². The van der Waals surface area contributed by atoms with Crippen molar-refractivity contribution in [3.63, 3.8) is 0 Å². The van der Waals surface area contributed by atoms with Crippen LogP contribution in [0.1, 0.15) is 43.6 Å². The lowest BCUT2D eigenvalue weighted by atomic mass is 9.83. The fourth-order valence-corrected chi connectivity index (χ4v) is 1.66. The van der Waals surface area contributed by atoms with Crippen molar-refractivity contribution in [2.24, 2.45) is 18.2 Å². The second-order valence-electron chi connectivity index (χ2n) is 5.00. The van der Waals surface area contributed by atoms with Crippen LogP contribution in [0.25, 0.3) is 0 Å². The van der Waals surface area contributed by atoms with E-state index in [-0.39, 0.29) is 11.2 Å². The molecule has 0 atom stereocenters. The van der Waals surface area contributed by atoms with Gasteiger partial charge in [-0.3, -0.25) is 9.48 Å². The van der Waals surface area contributed by atoms with E-state index in [9.17, 15) is 4.79 Å². The third kappa shape index (κ3) is 3.77. The molecule has 0 aliphatic carbocycles. The van der Waals surface area contributed by atoms with E-state index in [1.165, 1.54) is 0 Å². The van der Waals surface area contributed by atoms with Crippen molar-refractivity contribution >= 4 is 5.78 Å². The standard InChI is InChI=1S/C12H21N3O/c1-12(2,7-8-13)6-4-11(16)10-5-9-15(3)14-10/h5,9H,4,6-8,13H2,1-3H3. The molecule has 0 saturated heterocycles. The molecule has 0 aliphatic heterocycles. The molecule has 0 aliphatic rings. The summed E-state index contributed by atoms with van der Waals surface area (Å²) >= 11 is 0. The van der Waals surface area contributed by atoms with E-state index in [1.807, 2.05) is 7.05 Å². The summed E-state index contributed by atoms with van der Waals surface area (Å²) in [6.07, 6.45) is 4.14. The topological polar surface area (TPSA) is 60.9 Å². The first kappa shape index (κ1) is 12.9. The number of aryl methyl sites for hydroxylation is 1. The number of nitrogens with two attached hydrogens (primary N) is 1. The van der Waals surface area contributed by atoms with Gasteiger partial charge in [0.15, 0.2) is 5.78 Å². The molecular formula is C12H21N3O. The third-order valence-corrected chi connectivity index (χ3v) is 2.85. The number of Topliss-reactive ketones (excluding diaryl/α,β-unsaturated/α-hetero) is 1. The van der Waals surface area contributed by atoms with E-state index < -0.39 is 0 Å². The summed E-state index contributed by atoms with van der Waals surface area (Å²) in [6, 6.07) is 1.76. The van der Waals surface area contributed by atoms with Crippen LogP contribution in [0.3, 0.4) is 0 Å². The van der Waals surface area contributed by atoms with E-state index in [4.69, 9.17) is 5.73 Å². The lowest BCUT2D eigenvalue weighted by Crippen LogP contribution is -2.18. The largest absolute Gasteiger partial charge is 0.330 e. The van der Waals surface area contributed by atoms with Gasteiger partial charge < -0.3 is 5.73 Å². The Kier molecular flexibility index (Phi) is 4.24. The van der Waals surface area contributed by atoms with Crippen LogP contribution >= 0.6 is 0 Å². The lowest BCUT2D eigenvalue weighted by Gasteiger charge is -2.22. The number of rotatable bonds is 6. The summed E-state index contributed by atoms with van der Waals surface area (Å²) in [5.41, 5.74) is 6.23.